The predicted octanol–water partition coefficient (Wildman–Crippen LogP) is 3.31. The number of pyridine rings is 1. The van der Waals surface area contributed by atoms with Crippen LogP contribution in [0.1, 0.15) is 18.4 Å². The van der Waals surface area contributed by atoms with Crippen molar-refractivity contribution in [3.63, 3.8) is 0 Å². The van der Waals surface area contributed by atoms with Crippen LogP contribution in [0.4, 0.5) is 17.3 Å². The van der Waals surface area contributed by atoms with Crippen molar-refractivity contribution in [3.05, 3.63) is 57.8 Å². The smallest absolute Gasteiger partial charge is 0.261 e. The maximum absolute atomic E-state index is 13.9. The fourth-order valence-corrected chi connectivity index (χ4v) is 7.73. The summed E-state index contributed by atoms with van der Waals surface area (Å²) in [4.78, 5) is 41.9. The van der Waals surface area contributed by atoms with E-state index in [1.807, 2.05) is 6.07 Å². The van der Waals surface area contributed by atoms with Crippen LogP contribution in [0.25, 0.3) is 21.5 Å². The molecule has 3 aromatic heterocycles. The van der Waals surface area contributed by atoms with Gasteiger partial charge in [0.2, 0.25) is 11.9 Å². The lowest BCUT2D eigenvalue weighted by Crippen LogP contribution is -2.43. The van der Waals surface area contributed by atoms with Gasteiger partial charge in [-0.05, 0) is 71.1 Å². The number of piperazine rings is 1. The number of nitrogens with one attached hydrogen (secondary N) is 2. The van der Waals surface area contributed by atoms with E-state index in [1.54, 1.807) is 34.9 Å². The molecule has 0 aliphatic carbocycles. The van der Waals surface area contributed by atoms with Crippen LogP contribution in [0, 0.1) is 6.92 Å². The van der Waals surface area contributed by atoms with Crippen molar-refractivity contribution in [2.75, 3.05) is 55.7 Å². The Kier molecular flexibility index (Phi) is 7.77. The van der Waals surface area contributed by atoms with Crippen molar-refractivity contribution < 1.29 is 9.00 Å². The number of anilines is 3. The Bertz CT molecular complexity index is 1820. The van der Waals surface area contributed by atoms with Gasteiger partial charge in [-0.2, -0.15) is 4.98 Å². The van der Waals surface area contributed by atoms with E-state index in [4.69, 9.17) is 4.98 Å². The van der Waals surface area contributed by atoms with Crippen molar-refractivity contribution >= 4 is 61.0 Å². The van der Waals surface area contributed by atoms with E-state index in [9.17, 15) is 13.8 Å². The van der Waals surface area contributed by atoms with Crippen molar-refractivity contribution in [2.24, 2.45) is 0 Å². The topological polar surface area (TPSA) is 112 Å². The van der Waals surface area contributed by atoms with Gasteiger partial charge in [0.15, 0.2) is 0 Å². The van der Waals surface area contributed by atoms with Crippen molar-refractivity contribution in [3.8, 4) is 10.4 Å². The van der Waals surface area contributed by atoms with Crippen LogP contribution >= 0.6 is 11.3 Å². The van der Waals surface area contributed by atoms with Crippen LogP contribution in [0.2, 0.25) is 0 Å². The Labute approximate surface area is 249 Å². The Hall–Kier alpha value is -3.74. The first kappa shape index (κ1) is 28.4. The van der Waals surface area contributed by atoms with E-state index < -0.39 is 9.52 Å². The zero-order chi connectivity index (χ0) is 29.4. The third-order valence-corrected chi connectivity index (χ3v) is 10.2. The van der Waals surface area contributed by atoms with Gasteiger partial charge in [-0.3, -0.25) is 18.4 Å². The van der Waals surface area contributed by atoms with Crippen LogP contribution in [0.15, 0.2) is 51.6 Å². The first-order valence-corrected chi connectivity index (χ1v) is 17.1. The molecule has 0 bridgehead atoms. The van der Waals surface area contributed by atoms with Gasteiger partial charge in [0.05, 0.1) is 5.56 Å². The molecule has 42 heavy (non-hydrogen) atoms. The van der Waals surface area contributed by atoms with Crippen LogP contribution in [-0.4, -0.2) is 80.9 Å². The number of fused-ring (bicyclic) bond motifs is 1. The van der Waals surface area contributed by atoms with Crippen molar-refractivity contribution in [1.82, 2.24) is 24.8 Å². The minimum atomic E-state index is -2.43. The maximum Gasteiger partial charge on any atom is 0.261 e. The molecule has 5 heterocycles. The van der Waals surface area contributed by atoms with E-state index in [0.29, 0.717) is 45.4 Å². The highest BCUT2D eigenvalue weighted by Crippen LogP contribution is 2.30. The number of aromatic nitrogens is 3. The lowest BCUT2D eigenvalue weighted by atomic mass is 10.1. The summed E-state index contributed by atoms with van der Waals surface area (Å²) in [5.74, 6) is 4.00. The predicted molar refractivity (Wildman–Crippen MR) is 172 cm³/mol. The van der Waals surface area contributed by atoms with Gasteiger partial charge in [0.25, 0.3) is 5.56 Å². The van der Waals surface area contributed by atoms with Crippen molar-refractivity contribution in [2.45, 2.75) is 31.2 Å². The summed E-state index contributed by atoms with van der Waals surface area (Å²) in [5.41, 5.74) is 3.67. The monoisotopic (exact) mass is 605 g/mol. The minimum absolute atomic E-state index is 0.110. The summed E-state index contributed by atoms with van der Waals surface area (Å²) in [6, 6.07) is 9.68. The van der Waals surface area contributed by atoms with E-state index in [0.717, 1.165) is 50.3 Å². The van der Waals surface area contributed by atoms with Gasteiger partial charge in [-0.1, -0.05) is 0 Å². The van der Waals surface area contributed by atoms with Crippen LogP contribution < -0.4 is 21.1 Å². The van der Waals surface area contributed by atoms with E-state index >= 15 is 0 Å². The number of benzene rings is 1. The lowest BCUT2D eigenvalue weighted by molar-refractivity contribution is -0.130. The molecule has 0 spiro atoms. The molecule has 2 saturated heterocycles. The standard InChI is InChI=1S/C30H35N7O3S2/c1-20-14-22(6-7-25(20)35-12-8-31-9-13-35)33-30-32-17-21-15-24(26-16-23(19-41-26)42(2,3)40)29(39)37(28(21)34-30)18-27(38)36-10-4-5-11-36/h6-7,14-17,19,31H,2,4-5,8-13,18H2,1,3H3,(H,32,33,34). The fourth-order valence-electron chi connectivity index (χ4n) is 5.55. The normalized spacial score (nSPS) is 17.0. The zero-order valence-electron chi connectivity index (χ0n) is 23.9. The van der Waals surface area contributed by atoms with E-state index in [-0.39, 0.29) is 18.0 Å². The van der Waals surface area contributed by atoms with Gasteiger partial charge in [0.1, 0.15) is 12.2 Å². The summed E-state index contributed by atoms with van der Waals surface area (Å²) in [6.45, 7) is 7.24. The second-order valence-corrected chi connectivity index (χ2v) is 14.4. The third-order valence-electron chi connectivity index (χ3n) is 7.83. The molecule has 2 N–H and O–H groups in total. The molecule has 0 saturated carbocycles. The highest BCUT2D eigenvalue weighted by molar-refractivity contribution is 7.99. The SMILES string of the molecule is C=S(C)(=O)c1csc(-c2cc3cnc(Nc4ccc(N5CCNCC5)c(C)c4)nc3n(CC(=O)N3CCCC3)c2=O)c1. The molecular weight excluding hydrogens is 571 g/mol. The van der Waals surface area contributed by atoms with E-state index in [2.05, 4.69) is 45.4 Å². The summed E-state index contributed by atoms with van der Waals surface area (Å²) < 4.78 is 14.0. The summed E-state index contributed by atoms with van der Waals surface area (Å²) >= 11 is 1.33. The Morgan fingerprint density at radius 1 is 1.14 bits per heavy atom. The lowest BCUT2D eigenvalue weighted by Gasteiger charge is -2.30. The molecule has 1 amide bonds. The van der Waals surface area contributed by atoms with Gasteiger partial charge < -0.3 is 20.4 Å². The number of hydrogen-bond acceptors (Lipinski definition) is 9. The number of aryl methyl sites for hydroxylation is 1. The number of nitrogens with zero attached hydrogens (tertiary/aromatic N) is 5. The number of carbonyl (C=O) groups excluding carboxylic acids is 1. The molecule has 10 nitrogen and oxygen atoms in total. The quantitative estimate of drug-likeness (QED) is 0.309. The second kappa shape index (κ2) is 11.5. The maximum atomic E-state index is 13.9. The number of rotatable bonds is 7. The Balaban J connectivity index is 1.37. The number of amides is 1. The molecule has 4 aromatic rings. The minimum Gasteiger partial charge on any atom is -0.369 e. The molecule has 1 aromatic carbocycles. The van der Waals surface area contributed by atoms with Crippen LogP contribution in [0.5, 0.6) is 0 Å². The van der Waals surface area contributed by atoms with Gasteiger partial charge in [-0.15, -0.1) is 11.3 Å². The highest BCUT2D eigenvalue weighted by Gasteiger charge is 2.22. The molecule has 6 rings (SSSR count). The fraction of sp³-hybridized carbons (Fsp3) is 0.367. The zero-order valence-corrected chi connectivity index (χ0v) is 25.5. The number of thiophene rings is 1. The van der Waals surface area contributed by atoms with Crippen LogP contribution in [0.3, 0.4) is 0 Å². The largest absolute Gasteiger partial charge is 0.369 e. The average Bonchev–Trinajstić information content (AvgIpc) is 3.68. The number of hydrogen-bond donors (Lipinski definition) is 2. The highest BCUT2D eigenvalue weighted by atomic mass is 32.2. The van der Waals surface area contributed by atoms with Gasteiger partial charge in [0, 0.05) is 83.6 Å². The Morgan fingerprint density at radius 3 is 2.60 bits per heavy atom. The van der Waals surface area contributed by atoms with Gasteiger partial charge in [-0.25, -0.2) is 4.98 Å². The van der Waals surface area contributed by atoms with Crippen LogP contribution in [-0.2, 0) is 20.9 Å². The third kappa shape index (κ3) is 5.79. The molecular formula is C30H35N7O3S2. The molecule has 0 radical (unpaired) electrons. The Morgan fingerprint density at radius 2 is 1.90 bits per heavy atom. The molecule has 220 valence electrons. The first-order valence-electron chi connectivity index (χ1n) is 14.1. The average molecular weight is 606 g/mol. The summed E-state index contributed by atoms with van der Waals surface area (Å²) in [7, 11) is -2.43. The number of likely N-dealkylation sites (tertiary alicyclic amines) is 1. The molecule has 2 fully saturated rings. The molecule has 1 atom stereocenters. The second-order valence-electron chi connectivity index (χ2n) is 11.0. The molecule has 2 aliphatic rings. The summed E-state index contributed by atoms with van der Waals surface area (Å²) in [5, 5.41) is 9.08. The van der Waals surface area contributed by atoms with Gasteiger partial charge >= 0.3 is 0 Å². The molecule has 12 heteroatoms. The first-order chi connectivity index (χ1) is 20.2. The molecule has 1 unspecified atom stereocenters. The summed E-state index contributed by atoms with van der Waals surface area (Å²) in [6.07, 6.45) is 5.17. The van der Waals surface area contributed by atoms with E-state index in [1.165, 1.54) is 21.6 Å². The number of carbonyl (C=O) groups is 1. The molecule has 2 aliphatic heterocycles. The van der Waals surface area contributed by atoms with Crippen molar-refractivity contribution in [1.29, 1.82) is 0 Å².